The molecule has 2 fully saturated rings. The molecule has 170 valence electrons. The van der Waals surface area contributed by atoms with Crippen LogP contribution >= 0.6 is 0 Å². The van der Waals surface area contributed by atoms with Crippen LogP contribution in [0.2, 0.25) is 0 Å². The van der Waals surface area contributed by atoms with Gasteiger partial charge >= 0.3 is 0 Å². The summed E-state index contributed by atoms with van der Waals surface area (Å²) in [6.45, 7) is 7.16. The first kappa shape index (κ1) is 21.3. The number of piperidine rings is 1. The Bertz CT molecular complexity index is 1090. The summed E-state index contributed by atoms with van der Waals surface area (Å²) in [5.74, 6) is 1.60. The number of pyridine rings is 1. The van der Waals surface area contributed by atoms with Gasteiger partial charge in [0.25, 0.3) is 5.89 Å². The van der Waals surface area contributed by atoms with Crippen molar-refractivity contribution in [2.75, 3.05) is 31.2 Å². The van der Waals surface area contributed by atoms with Gasteiger partial charge in [0.1, 0.15) is 11.6 Å². The number of nitrogens with zero attached hydrogens (tertiary/aromatic N) is 4. The summed E-state index contributed by atoms with van der Waals surface area (Å²) in [6.07, 6.45) is 4.97. The summed E-state index contributed by atoms with van der Waals surface area (Å²) in [5.41, 5.74) is 2.13. The van der Waals surface area contributed by atoms with Crippen LogP contribution in [-0.4, -0.2) is 53.5 Å². The van der Waals surface area contributed by atoms with E-state index >= 15 is 0 Å². The molecule has 4 heterocycles. The molecule has 0 radical (unpaired) electrons. The van der Waals surface area contributed by atoms with Crippen molar-refractivity contribution in [1.82, 2.24) is 20.4 Å². The number of aryl methyl sites for hydroxylation is 2. The smallest absolute Gasteiger partial charge is 0.261 e. The zero-order chi connectivity index (χ0) is 22.1. The van der Waals surface area contributed by atoms with Gasteiger partial charge in [-0.05, 0) is 56.7 Å². The molecule has 0 amide bonds. The van der Waals surface area contributed by atoms with E-state index < -0.39 is 0 Å². The highest BCUT2D eigenvalue weighted by molar-refractivity contribution is 5.88. The number of nitrogens with one attached hydrogen (secondary N) is 1. The standard InChI is InChI=1S/C24H30FN5O2/c1-3-16-11-17-12-20(24-26-15(2)29-32-24)23(28-22(17)13-21(16)25)30-8-6-18(7-9-30)27-19-5-4-10-31-14-19/h11-13,18-19,27H,3-10,14H2,1-2H3/t19-/m1/s1. The van der Waals surface area contributed by atoms with E-state index in [9.17, 15) is 4.39 Å². The Morgan fingerprint density at radius 1 is 1.12 bits per heavy atom. The predicted octanol–water partition coefficient (Wildman–Crippen LogP) is 4.03. The van der Waals surface area contributed by atoms with E-state index in [1.54, 1.807) is 6.92 Å². The topological polar surface area (TPSA) is 76.3 Å². The van der Waals surface area contributed by atoms with Crippen LogP contribution in [0.5, 0.6) is 0 Å². The lowest BCUT2D eigenvalue weighted by atomic mass is 10.0. The minimum atomic E-state index is -0.211. The summed E-state index contributed by atoms with van der Waals surface area (Å²) in [4.78, 5) is 11.6. The summed E-state index contributed by atoms with van der Waals surface area (Å²) in [7, 11) is 0. The molecule has 0 saturated carbocycles. The Kier molecular flexibility index (Phi) is 6.06. The normalized spacial score (nSPS) is 20.2. The average Bonchev–Trinajstić information content (AvgIpc) is 3.25. The Morgan fingerprint density at radius 2 is 1.97 bits per heavy atom. The number of hydrogen-bond acceptors (Lipinski definition) is 7. The number of benzene rings is 1. The molecule has 7 nitrogen and oxygen atoms in total. The molecule has 0 aliphatic carbocycles. The lowest BCUT2D eigenvalue weighted by Gasteiger charge is -2.36. The van der Waals surface area contributed by atoms with Crippen LogP contribution in [0, 0.1) is 12.7 Å². The fourth-order valence-electron chi connectivity index (χ4n) is 4.77. The van der Waals surface area contributed by atoms with Crippen LogP contribution in [0.4, 0.5) is 10.2 Å². The number of fused-ring (bicyclic) bond motifs is 1. The summed E-state index contributed by atoms with van der Waals surface area (Å²) >= 11 is 0. The molecule has 0 spiro atoms. The van der Waals surface area contributed by atoms with Gasteiger partial charge in [0.2, 0.25) is 0 Å². The minimum absolute atomic E-state index is 0.211. The van der Waals surface area contributed by atoms with Gasteiger partial charge in [0.05, 0.1) is 17.7 Å². The van der Waals surface area contributed by atoms with Crippen molar-refractivity contribution < 1.29 is 13.7 Å². The van der Waals surface area contributed by atoms with Crippen molar-refractivity contribution >= 4 is 16.7 Å². The van der Waals surface area contributed by atoms with E-state index in [0.717, 1.165) is 62.3 Å². The highest BCUT2D eigenvalue weighted by atomic mass is 19.1. The van der Waals surface area contributed by atoms with Crippen molar-refractivity contribution in [3.63, 3.8) is 0 Å². The van der Waals surface area contributed by atoms with Gasteiger partial charge in [0.15, 0.2) is 5.82 Å². The van der Waals surface area contributed by atoms with Crippen molar-refractivity contribution in [2.24, 2.45) is 0 Å². The molecule has 0 unspecified atom stereocenters. The predicted molar refractivity (Wildman–Crippen MR) is 121 cm³/mol. The Labute approximate surface area is 187 Å². The fourth-order valence-corrected chi connectivity index (χ4v) is 4.77. The largest absolute Gasteiger partial charge is 0.380 e. The molecular weight excluding hydrogens is 409 g/mol. The van der Waals surface area contributed by atoms with Crippen molar-refractivity contribution in [3.8, 4) is 11.5 Å². The van der Waals surface area contributed by atoms with Crippen LogP contribution < -0.4 is 10.2 Å². The molecular formula is C24H30FN5O2. The monoisotopic (exact) mass is 439 g/mol. The second kappa shape index (κ2) is 9.11. The quantitative estimate of drug-likeness (QED) is 0.643. The maximum atomic E-state index is 14.5. The van der Waals surface area contributed by atoms with E-state index in [2.05, 4.69) is 20.4 Å². The number of aromatic nitrogens is 3. The van der Waals surface area contributed by atoms with Crippen LogP contribution in [0.1, 0.15) is 44.0 Å². The van der Waals surface area contributed by atoms with Gasteiger partial charge in [0, 0.05) is 43.2 Å². The highest BCUT2D eigenvalue weighted by Crippen LogP contribution is 2.34. The maximum absolute atomic E-state index is 14.5. The molecule has 32 heavy (non-hydrogen) atoms. The molecule has 1 aromatic carbocycles. The van der Waals surface area contributed by atoms with Crippen molar-refractivity contribution in [1.29, 1.82) is 0 Å². The van der Waals surface area contributed by atoms with Crippen LogP contribution in [0.15, 0.2) is 22.7 Å². The molecule has 2 saturated heterocycles. The Morgan fingerprint density at radius 3 is 2.66 bits per heavy atom. The molecule has 0 bridgehead atoms. The van der Waals surface area contributed by atoms with Gasteiger partial charge in [-0.15, -0.1) is 0 Å². The van der Waals surface area contributed by atoms with Crippen LogP contribution in [-0.2, 0) is 11.2 Å². The first-order valence-electron chi connectivity index (χ1n) is 11.6. The van der Waals surface area contributed by atoms with E-state index in [0.29, 0.717) is 41.3 Å². The van der Waals surface area contributed by atoms with E-state index in [4.69, 9.17) is 14.2 Å². The SMILES string of the molecule is CCc1cc2cc(-c3nc(C)no3)c(N3CCC(N[C@@H]4CCCOC4)CC3)nc2cc1F. The van der Waals surface area contributed by atoms with Gasteiger partial charge in [-0.2, -0.15) is 4.98 Å². The molecule has 2 aliphatic rings. The highest BCUT2D eigenvalue weighted by Gasteiger charge is 2.27. The third-order valence-corrected chi connectivity index (χ3v) is 6.53. The molecule has 5 rings (SSSR count). The summed E-state index contributed by atoms with van der Waals surface area (Å²) in [6, 6.07) is 6.34. The zero-order valence-corrected chi connectivity index (χ0v) is 18.7. The second-order valence-corrected chi connectivity index (χ2v) is 8.84. The second-order valence-electron chi connectivity index (χ2n) is 8.84. The summed E-state index contributed by atoms with van der Waals surface area (Å²) in [5, 5.41) is 8.62. The molecule has 1 atom stereocenters. The van der Waals surface area contributed by atoms with E-state index in [1.165, 1.54) is 12.5 Å². The average molecular weight is 440 g/mol. The van der Waals surface area contributed by atoms with Gasteiger partial charge < -0.3 is 19.5 Å². The zero-order valence-electron chi connectivity index (χ0n) is 18.7. The molecule has 2 aromatic heterocycles. The molecule has 3 aromatic rings. The molecule has 8 heteroatoms. The maximum Gasteiger partial charge on any atom is 0.261 e. The number of anilines is 1. The molecule has 2 aliphatic heterocycles. The van der Waals surface area contributed by atoms with Crippen LogP contribution in [0.25, 0.3) is 22.4 Å². The lowest BCUT2D eigenvalue weighted by molar-refractivity contribution is 0.0650. The summed E-state index contributed by atoms with van der Waals surface area (Å²) < 4.78 is 25.6. The van der Waals surface area contributed by atoms with Gasteiger partial charge in [-0.1, -0.05) is 12.1 Å². The van der Waals surface area contributed by atoms with Crippen molar-refractivity contribution in [2.45, 2.75) is 58.0 Å². The van der Waals surface area contributed by atoms with Gasteiger partial charge in [-0.25, -0.2) is 9.37 Å². The van der Waals surface area contributed by atoms with Gasteiger partial charge in [-0.3, -0.25) is 0 Å². The fraction of sp³-hybridized carbons (Fsp3) is 0.542. The van der Waals surface area contributed by atoms with E-state index in [1.807, 2.05) is 19.1 Å². The van der Waals surface area contributed by atoms with E-state index in [-0.39, 0.29) is 5.82 Å². The first-order valence-corrected chi connectivity index (χ1v) is 11.6. The Balaban J connectivity index is 1.43. The molecule has 1 N–H and O–H groups in total. The third kappa shape index (κ3) is 4.34. The minimum Gasteiger partial charge on any atom is -0.380 e. The first-order chi connectivity index (χ1) is 15.6. The number of ether oxygens (including phenoxy) is 1. The third-order valence-electron chi connectivity index (χ3n) is 6.53. The van der Waals surface area contributed by atoms with Crippen LogP contribution in [0.3, 0.4) is 0 Å². The number of hydrogen-bond donors (Lipinski definition) is 1. The number of halogens is 1. The van der Waals surface area contributed by atoms with Crippen molar-refractivity contribution in [3.05, 3.63) is 35.4 Å². The number of rotatable bonds is 5. The Hall–Kier alpha value is -2.58. The lowest BCUT2D eigenvalue weighted by Crippen LogP contribution is -2.48.